The van der Waals surface area contributed by atoms with Gasteiger partial charge in [0.15, 0.2) is 12.2 Å². The SMILES string of the molecule is C=CC(O)C(=O)OCCOC(=O)C(O)C=C. The molecule has 2 atom stereocenters. The quantitative estimate of drug-likeness (QED) is 0.337. The lowest BCUT2D eigenvalue weighted by molar-refractivity contribution is -0.159. The van der Waals surface area contributed by atoms with Crippen LogP contribution in [0, 0.1) is 0 Å². The standard InChI is InChI=1S/C10H14O6/c1-3-7(11)9(13)15-5-6-16-10(14)8(12)4-2/h3-4,7-8,11-12H,1-2,5-6H2. The first-order valence-corrected chi connectivity index (χ1v) is 4.47. The first-order valence-electron chi connectivity index (χ1n) is 4.47. The van der Waals surface area contributed by atoms with Gasteiger partial charge in [0.2, 0.25) is 0 Å². The molecule has 0 amide bonds. The molecule has 2 N–H and O–H groups in total. The van der Waals surface area contributed by atoms with Crippen molar-refractivity contribution in [3.63, 3.8) is 0 Å². The van der Waals surface area contributed by atoms with Crippen molar-refractivity contribution < 1.29 is 29.3 Å². The Morgan fingerprint density at radius 3 is 1.56 bits per heavy atom. The Labute approximate surface area is 92.8 Å². The number of esters is 2. The average molecular weight is 230 g/mol. The minimum atomic E-state index is -1.39. The molecular weight excluding hydrogens is 216 g/mol. The summed E-state index contributed by atoms with van der Waals surface area (Å²) >= 11 is 0. The zero-order valence-corrected chi connectivity index (χ0v) is 8.67. The van der Waals surface area contributed by atoms with Crippen LogP contribution in [0.25, 0.3) is 0 Å². The highest BCUT2D eigenvalue weighted by Crippen LogP contribution is 1.92. The van der Waals surface area contributed by atoms with Gasteiger partial charge >= 0.3 is 11.9 Å². The van der Waals surface area contributed by atoms with Crippen molar-refractivity contribution in [3.8, 4) is 0 Å². The molecular formula is C10H14O6. The lowest BCUT2D eigenvalue weighted by Gasteiger charge is -2.08. The van der Waals surface area contributed by atoms with Crippen molar-refractivity contribution in [1.29, 1.82) is 0 Å². The maximum absolute atomic E-state index is 10.9. The second kappa shape index (κ2) is 7.61. The van der Waals surface area contributed by atoms with E-state index < -0.39 is 24.1 Å². The van der Waals surface area contributed by atoms with E-state index in [0.717, 1.165) is 12.2 Å². The van der Waals surface area contributed by atoms with Crippen molar-refractivity contribution >= 4 is 11.9 Å². The van der Waals surface area contributed by atoms with Gasteiger partial charge in [-0.15, -0.1) is 0 Å². The largest absolute Gasteiger partial charge is 0.460 e. The van der Waals surface area contributed by atoms with Gasteiger partial charge in [-0.1, -0.05) is 25.3 Å². The summed E-state index contributed by atoms with van der Waals surface area (Å²) in [6, 6.07) is 0. The fourth-order valence-corrected chi connectivity index (χ4v) is 0.648. The number of hydrogen-bond donors (Lipinski definition) is 2. The molecule has 0 fully saturated rings. The fourth-order valence-electron chi connectivity index (χ4n) is 0.648. The van der Waals surface area contributed by atoms with E-state index in [2.05, 4.69) is 22.6 Å². The molecule has 0 aliphatic carbocycles. The summed E-state index contributed by atoms with van der Waals surface area (Å²) < 4.78 is 9.03. The van der Waals surface area contributed by atoms with E-state index in [9.17, 15) is 9.59 Å². The van der Waals surface area contributed by atoms with Crippen LogP contribution in [0.3, 0.4) is 0 Å². The number of rotatable bonds is 7. The van der Waals surface area contributed by atoms with Gasteiger partial charge in [-0.2, -0.15) is 0 Å². The Kier molecular flexibility index (Phi) is 6.82. The number of hydrogen-bond acceptors (Lipinski definition) is 6. The molecule has 0 aromatic carbocycles. The topological polar surface area (TPSA) is 93.1 Å². The van der Waals surface area contributed by atoms with Crippen LogP contribution >= 0.6 is 0 Å². The molecule has 0 bridgehead atoms. The van der Waals surface area contributed by atoms with Gasteiger partial charge in [0.05, 0.1) is 0 Å². The van der Waals surface area contributed by atoms with Gasteiger partial charge < -0.3 is 19.7 Å². The normalized spacial score (nSPS) is 13.4. The summed E-state index contributed by atoms with van der Waals surface area (Å²) in [5.74, 6) is -1.76. The third-order valence-corrected chi connectivity index (χ3v) is 1.50. The molecule has 0 aromatic heterocycles. The zero-order valence-electron chi connectivity index (χ0n) is 8.67. The van der Waals surface area contributed by atoms with Gasteiger partial charge in [0.1, 0.15) is 13.2 Å². The minimum Gasteiger partial charge on any atom is -0.460 e. The number of aliphatic hydroxyl groups is 2. The van der Waals surface area contributed by atoms with E-state index in [1.54, 1.807) is 0 Å². The second-order valence-corrected chi connectivity index (χ2v) is 2.70. The summed E-state index contributed by atoms with van der Waals surface area (Å²) in [7, 11) is 0. The molecule has 0 heterocycles. The Balaban J connectivity index is 3.68. The third-order valence-electron chi connectivity index (χ3n) is 1.50. The van der Waals surface area contributed by atoms with Crippen LogP contribution in [0.2, 0.25) is 0 Å². The van der Waals surface area contributed by atoms with E-state index in [1.807, 2.05) is 0 Å². The highest BCUT2D eigenvalue weighted by molar-refractivity contribution is 5.77. The van der Waals surface area contributed by atoms with Crippen LogP contribution in [0.5, 0.6) is 0 Å². The van der Waals surface area contributed by atoms with Crippen molar-refractivity contribution in [2.24, 2.45) is 0 Å². The molecule has 0 aromatic rings. The summed E-state index contributed by atoms with van der Waals surface area (Å²) in [5.41, 5.74) is 0. The van der Waals surface area contributed by atoms with Crippen molar-refractivity contribution in [2.75, 3.05) is 13.2 Å². The van der Waals surface area contributed by atoms with Gasteiger partial charge in [-0.05, 0) is 0 Å². The van der Waals surface area contributed by atoms with Crippen LogP contribution in [0.15, 0.2) is 25.3 Å². The molecule has 0 radical (unpaired) electrons. The number of ether oxygens (including phenoxy) is 2. The first kappa shape index (κ1) is 14.3. The lowest BCUT2D eigenvalue weighted by Crippen LogP contribution is -2.25. The van der Waals surface area contributed by atoms with E-state index in [1.165, 1.54) is 0 Å². The molecule has 6 heteroatoms. The Morgan fingerprint density at radius 2 is 1.31 bits per heavy atom. The molecule has 90 valence electrons. The Bertz CT molecular complexity index is 244. The number of aliphatic hydroxyl groups excluding tert-OH is 2. The molecule has 0 aliphatic rings. The number of carbonyl (C=O) groups is 2. The molecule has 0 rings (SSSR count). The molecule has 0 saturated heterocycles. The molecule has 0 spiro atoms. The predicted molar refractivity (Wildman–Crippen MR) is 54.3 cm³/mol. The third kappa shape index (κ3) is 5.28. The first-order chi connectivity index (χ1) is 7.52. The van der Waals surface area contributed by atoms with Crippen LogP contribution in [0.1, 0.15) is 0 Å². The average Bonchev–Trinajstić information content (AvgIpc) is 2.31. The maximum Gasteiger partial charge on any atom is 0.339 e. The van der Waals surface area contributed by atoms with Crippen LogP contribution < -0.4 is 0 Å². The van der Waals surface area contributed by atoms with E-state index in [0.29, 0.717) is 0 Å². The van der Waals surface area contributed by atoms with E-state index >= 15 is 0 Å². The lowest BCUT2D eigenvalue weighted by atomic mass is 10.3. The molecule has 0 saturated carbocycles. The smallest absolute Gasteiger partial charge is 0.339 e. The Morgan fingerprint density at radius 1 is 1.00 bits per heavy atom. The van der Waals surface area contributed by atoms with Gasteiger partial charge in [-0.25, -0.2) is 9.59 Å². The summed E-state index contributed by atoms with van der Waals surface area (Å²) in [6.45, 7) is 5.97. The second-order valence-electron chi connectivity index (χ2n) is 2.70. The zero-order chi connectivity index (χ0) is 12.6. The summed E-state index contributed by atoms with van der Waals surface area (Å²) in [6.07, 6.45) is -0.769. The van der Waals surface area contributed by atoms with Crippen LogP contribution in [0.4, 0.5) is 0 Å². The van der Waals surface area contributed by atoms with Crippen molar-refractivity contribution in [3.05, 3.63) is 25.3 Å². The van der Waals surface area contributed by atoms with Gasteiger partial charge in [0, 0.05) is 0 Å². The van der Waals surface area contributed by atoms with Gasteiger partial charge in [-0.3, -0.25) is 0 Å². The summed E-state index contributed by atoms with van der Waals surface area (Å²) in [4.78, 5) is 21.7. The predicted octanol–water partition coefficient (Wildman–Crippen LogP) is -0.833. The molecule has 2 unspecified atom stereocenters. The van der Waals surface area contributed by atoms with E-state index in [4.69, 9.17) is 10.2 Å². The molecule has 0 aliphatic heterocycles. The highest BCUT2D eigenvalue weighted by Gasteiger charge is 2.14. The minimum absolute atomic E-state index is 0.209. The highest BCUT2D eigenvalue weighted by atomic mass is 16.6. The van der Waals surface area contributed by atoms with Gasteiger partial charge in [0.25, 0.3) is 0 Å². The van der Waals surface area contributed by atoms with Crippen molar-refractivity contribution in [1.82, 2.24) is 0 Å². The molecule has 16 heavy (non-hydrogen) atoms. The maximum atomic E-state index is 10.9. The fraction of sp³-hybridized carbons (Fsp3) is 0.400. The van der Waals surface area contributed by atoms with Crippen LogP contribution in [-0.2, 0) is 19.1 Å². The summed E-state index contributed by atoms with van der Waals surface area (Å²) in [5, 5.41) is 17.8. The molecule has 6 nitrogen and oxygen atoms in total. The Hall–Kier alpha value is -1.66. The number of carbonyl (C=O) groups excluding carboxylic acids is 2. The monoisotopic (exact) mass is 230 g/mol. The van der Waals surface area contributed by atoms with Crippen LogP contribution in [-0.4, -0.2) is 47.6 Å². The van der Waals surface area contributed by atoms with E-state index in [-0.39, 0.29) is 13.2 Å². The van der Waals surface area contributed by atoms with Crippen molar-refractivity contribution in [2.45, 2.75) is 12.2 Å².